The van der Waals surface area contributed by atoms with Crippen molar-refractivity contribution in [1.29, 1.82) is 0 Å². The number of aromatic nitrogens is 4. The summed E-state index contributed by atoms with van der Waals surface area (Å²) < 4.78 is 3.57. The van der Waals surface area contributed by atoms with Crippen molar-refractivity contribution in [3.05, 3.63) is 59.5 Å². The summed E-state index contributed by atoms with van der Waals surface area (Å²) in [7, 11) is 0. The van der Waals surface area contributed by atoms with Crippen molar-refractivity contribution >= 4 is 0 Å². The lowest BCUT2D eigenvalue weighted by Gasteiger charge is -2.08. The largest absolute Gasteiger partial charge is 0.391 e. The second-order valence-corrected chi connectivity index (χ2v) is 4.69. The summed E-state index contributed by atoms with van der Waals surface area (Å²) in [6, 6.07) is 11.8. The minimum Gasteiger partial charge on any atom is -0.391 e. The molecule has 0 aliphatic rings. The molecule has 0 fully saturated rings. The molecule has 0 atom stereocenters. The lowest BCUT2D eigenvalue weighted by molar-refractivity contribution is 0.280. The van der Waals surface area contributed by atoms with Gasteiger partial charge in [0.15, 0.2) is 5.82 Å². The molecule has 0 aliphatic carbocycles. The number of rotatable bonds is 3. The molecule has 2 aromatic heterocycles. The summed E-state index contributed by atoms with van der Waals surface area (Å²) >= 11 is 0. The Hall–Kier alpha value is -2.40. The van der Waals surface area contributed by atoms with Gasteiger partial charge in [0.25, 0.3) is 0 Å². The van der Waals surface area contributed by atoms with Gasteiger partial charge in [0.1, 0.15) is 0 Å². The minimum atomic E-state index is -0.0626. The maximum Gasteiger partial charge on any atom is 0.162 e. The van der Waals surface area contributed by atoms with Crippen molar-refractivity contribution in [3.63, 3.8) is 0 Å². The van der Waals surface area contributed by atoms with Gasteiger partial charge in [0.05, 0.1) is 23.7 Å². The summed E-state index contributed by atoms with van der Waals surface area (Å²) in [6.45, 7) is 3.77. The van der Waals surface area contributed by atoms with Gasteiger partial charge in [0.2, 0.25) is 0 Å². The molecule has 20 heavy (non-hydrogen) atoms. The fourth-order valence-electron chi connectivity index (χ4n) is 2.25. The average Bonchev–Trinajstić information content (AvgIpc) is 3.03. The predicted molar refractivity (Wildman–Crippen MR) is 76.1 cm³/mol. The van der Waals surface area contributed by atoms with Crippen LogP contribution in [0.15, 0.2) is 42.6 Å². The van der Waals surface area contributed by atoms with Crippen LogP contribution in [0.3, 0.4) is 0 Å². The average molecular weight is 268 g/mol. The summed E-state index contributed by atoms with van der Waals surface area (Å²) in [5.74, 6) is 0.782. The van der Waals surface area contributed by atoms with Crippen molar-refractivity contribution in [2.24, 2.45) is 0 Å². The highest BCUT2D eigenvalue weighted by Gasteiger charge is 2.17. The Morgan fingerprint density at radius 3 is 2.40 bits per heavy atom. The van der Waals surface area contributed by atoms with Gasteiger partial charge in [0, 0.05) is 11.8 Å². The molecule has 5 heteroatoms. The van der Waals surface area contributed by atoms with Crippen LogP contribution in [0, 0.1) is 13.8 Å². The van der Waals surface area contributed by atoms with E-state index in [9.17, 15) is 5.11 Å². The van der Waals surface area contributed by atoms with Crippen LogP contribution in [0.5, 0.6) is 0 Å². The van der Waals surface area contributed by atoms with Crippen molar-refractivity contribution in [1.82, 2.24) is 19.6 Å². The van der Waals surface area contributed by atoms with E-state index in [-0.39, 0.29) is 6.61 Å². The van der Waals surface area contributed by atoms with Gasteiger partial charge >= 0.3 is 0 Å². The van der Waals surface area contributed by atoms with Crippen LogP contribution in [0.25, 0.3) is 11.5 Å². The first kappa shape index (κ1) is 12.6. The third kappa shape index (κ3) is 2.02. The third-order valence-electron chi connectivity index (χ3n) is 3.26. The van der Waals surface area contributed by atoms with Crippen molar-refractivity contribution < 1.29 is 5.11 Å². The van der Waals surface area contributed by atoms with Crippen LogP contribution < -0.4 is 0 Å². The Bertz CT molecular complexity index is 728. The monoisotopic (exact) mass is 268 g/mol. The Morgan fingerprint density at radius 1 is 1.05 bits per heavy atom. The van der Waals surface area contributed by atoms with Crippen LogP contribution in [-0.2, 0) is 6.61 Å². The van der Waals surface area contributed by atoms with Gasteiger partial charge in [-0.25, -0.2) is 9.36 Å². The molecule has 2 heterocycles. The normalized spacial score (nSPS) is 10.9. The summed E-state index contributed by atoms with van der Waals surface area (Å²) in [5.41, 5.74) is 3.46. The van der Waals surface area contributed by atoms with Crippen LogP contribution in [0.4, 0.5) is 0 Å². The topological polar surface area (TPSA) is 55.9 Å². The number of aliphatic hydroxyl groups excluding tert-OH is 1. The van der Waals surface area contributed by atoms with Crippen molar-refractivity contribution in [2.75, 3.05) is 0 Å². The Labute approximate surface area is 117 Å². The number of benzene rings is 1. The van der Waals surface area contributed by atoms with Gasteiger partial charge in [-0.1, -0.05) is 18.2 Å². The Kier molecular flexibility index (Phi) is 3.12. The molecule has 0 spiro atoms. The first-order chi connectivity index (χ1) is 9.70. The van der Waals surface area contributed by atoms with Gasteiger partial charge in [-0.15, -0.1) is 0 Å². The maximum atomic E-state index is 9.63. The smallest absolute Gasteiger partial charge is 0.162 e. The molecule has 5 nitrogen and oxygen atoms in total. The molecular formula is C15H16N4O. The second kappa shape index (κ2) is 4.94. The van der Waals surface area contributed by atoms with E-state index in [0.717, 1.165) is 28.5 Å². The van der Waals surface area contributed by atoms with Crippen LogP contribution in [0.2, 0.25) is 0 Å². The van der Waals surface area contributed by atoms with E-state index in [1.54, 1.807) is 4.68 Å². The predicted octanol–water partition coefficient (Wildman–Crippen LogP) is 2.17. The third-order valence-corrected chi connectivity index (χ3v) is 3.26. The van der Waals surface area contributed by atoms with E-state index in [2.05, 4.69) is 10.2 Å². The zero-order chi connectivity index (χ0) is 14.1. The molecule has 0 unspecified atom stereocenters. The second-order valence-electron chi connectivity index (χ2n) is 4.69. The molecule has 0 amide bonds. The molecule has 0 radical (unpaired) electrons. The molecular weight excluding hydrogens is 252 g/mol. The first-order valence-corrected chi connectivity index (χ1v) is 6.48. The lowest BCUT2D eigenvalue weighted by atomic mass is 10.2. The van der Waals surface area contributed by atoms with E-state index >= 15 is 0 Å². The molecule has 0 saturated heterocycles. The first-order valence-electron chi connectivity index (χ1n) is 6.48. The van der Waals surface area contributed by atoms with Crippen molar-refractivity contribution in [2.45, 2.75) is 20.5 Å². The summed E-state index contributed by atoms with van der Waals surface area (Å²) in [6.07, 6.45) is 1.88. The number of aliphatic hydroxyl groups is 1. The van der Waals surface area contributed by atoms with Crippen LogP contribution in [-0.4, -0.2) is 24.7 Å². The molecule has 102 valence electrons. The summed E-state index contributed by atoms with van der Waals surface area (Å²) in [5, 5.41) is 18.6. The SMILES string of the molecule is Cc1ccn(-c2c(CO)c(C)nn2-c2ccccc2)n1. The van der Waals surface area contributed by atoms with Crippen LogP contribution in [0.1, 0.15) is 17.0 Å². The number of hydrogen-bond acceptors (Lipinski definition) is 3. The molecule has 0 bridgehead atoms. The number of nitrogens with zero attached hydrogens (tertiary/aromatic N) is 4. The fraction of sp³-hybridized carbons (Fsp3) is 0.200. The molecule has 3 rings (SSSR count). The van der Waals surface area contributed by atoms with Gasteiger partial charge in [-0.05, 0) is 32.0 Å². The zero-order valence-electron chi connectivity index (χ0n) is 11.5. The van der Waals surface area contributed by atoms with Crippen LogP contribution >= 0.6 is 0 Å². The molecule has 0 saturated carbocycles. The molecule has 1 N–H and O–H groups in total. The van der Waals surface area contributed by atoms with E-state index in [1.807, 2.05) is 61.1 Å². The Balaban J connectivity index is 2.25. The lowest BCUT2D eigenvalue weighted by Crippen LogP contribution is -2.08. The Morgan fingerprint density at radius 2 is 1.80 bits per heavy atom. The van der Waals surface area contributed by atoms with E-state index in [1.165, 1.54) is 0 Å². The molecule has 1 aromatic carbocycles. The molecule has 0 aliphatic heterocycles. The standard InChI is InChI=1S/C15H16N4O/c1-11-8-9-18(16-11)15-14(10-20)12(2)17-19(15)13-6-4-3-5-7-13/h3-9,20H,10H2,1-2H3. The highest BCUT2D eigenvalue weighted by atomic mass is 16.3. The van der Waals surface area contributed by atoms with Gasteiger partial charge in [-0.3, -0.25) is 0 Å². The number of aryl methyl sites for hydroxylation is 2. The van der Waals surface area contributed by atoms with E-state index in [0.29, 0.717) is 0 Å². The quantitative estimate of drug-likeness (QED) is 0.792. The maximum absolute atomic E-state index is 9.63. The molecule has 3 aromatic rings. The fourth-order valence-corrected chi connectivity index (χ4v) is 2.25. The number of hydrogen-bond donors (Lipinski definition) is 1. The highest BCUT2D eigenvalue weighted by Crippen LogP contribution is 2.22. The van der Waals surface area contributed by atoms with E-state index < -0.39 is 0 Å². The van der Waals surface area contributed by atoms with E-state index in [4.69, 9.17) is 0 Å². The van der Waals surface area contributed by atoms with Gasteiger partial charge in [-0.2, -0.15) is 10.2 Å². The van der Waals surface area contributed by atoms with Gasteiger partial charge < -0.3 is 5.11 Å². The summed E-state index contributed by atoms with van der Waals surface area (Å²) in [4.78, 5) is 0. The van der Waals surface area contributed by atoms with Crippen molar-refractivity contribution in [3.8, 4) is 11.5 Å². The number of para-hydroxylation sites is 1. The highest BCUT2D eigenvalue weighted by molar-refractivity contribution is 5.45. The minimum absolute atomic E-state index is 0.0626. The zero-order valence-corrected chi connectivity index (χ0v) is 11.5.